The fourth-order valence-electron chi connectivity index (χ4n) is 4.39. The van der Waals surface area contributed by atoms with Gasteiger partial charge in [0.25, 0.3) is 0 Å². The lowest BCUT2D eigenvalue weighted by Crippen LogP contribution is -2.19. The van der Waals surface area contributed by atoms with Crippen molar-refractivity contribution in [3.63, 3.8) is 0 Å². The number of aromatic nitrogens is 3. The number of aryl methyl sites for hydroxylation is 2. The number of hydrogen-bond acceptors (Lipinski definition) is 8. The Bertz CT molecular complexity index is 1310. The van der Waals surface area contributed by atoms with E-state index in [0.717, 1.165) is 47.4 Å². The van der Waals surface area contributed by atoms with Gasteiger partial charge in [0, 0.05) is 11.4 Å². The Morgan fingerprint density at radius 1 is 1.24 bits per heavy atom. The number of nitrogens with zero attached hydrogens (tertiary/aromatic N) is 3. The van der Waals surface area contributed by atoms with Crippen molar-refractivity contribution in [2.75, 3.05) is 11.1 Å². The molecule has 2 heterocycles. The van der Waals surface area contributed by atoms with Gasteiger partial charge >= 0.3 is 5.97 Å². The SMILES string of the molecule is C=CCn1c(SCC(=O)Nc2sc3c(c2C(=O)OC(C)C)CCCC3)nnc1C(C)Oc1cccc(C)c1. The Kier molecular flexibility index (Phi) is 9.27. The molecule has 3 aromatic rings. The second-order valence-electron chi connectivity index (χ2n) is 9.52. The normalized spacial score (nSPS) is 13.6. The summed E-state index contributed by atoms with van der Waals surface area (Å²) in [4.78, 5) is 27.0. The Hall–Kier alpha value is -3.11. The number of fused-ring (bicyclic) bond motifs is 1. The number of carbonyl (C=O) groups excluding carboxylic acids is 2. The van der Waals surface area contributed by atoms with Crippen molar-refractivity contribution < 1.29 is 19.1 Å². The summed E-state index contributed by atoms with van der Waals surface area (Å²) in [6, 6.07) is 7.84. The van der Waals surface area contributed by atoms with E-state index in [2.05, 4.69) is 22.1 Å². The number of ether oxygens (including phenoxy) is 2. The minimum absolute atomic E-state index is 0.115. The summed E-state index contributed by atoms with van der Waals surface area (Å²) >= 11 is 2.77. The predicted molar refractivity (Wildman–Crippen MR) is 151 cm³/mol. The molecule has 0 aliphatic heterocycles. The maximum Gasteiger partial charge on any atom is 0.341 e. The molecular formula is C28H34N4O4S2. The molecule has 0 fully saturated rings. The van der Waals surface area contributed by atoms with Gasteiger partial charge in [0.15, 0.2) is 17.1 Å². The lowest BCUT2D eigenvalue weighted by Gasteiger charge is -2.16. The third-order valence-electron chi connectivity index (χ3n) is 6.03. The smallest absolute Gasteiger partial charge is 0.341 e. The average Bonchev–Trinajstić information content (AvgIpc) is 3.43. The van der Waals surface area contributed by atoms with E-state index in [1.165, 1.54) is 23.1 Å². The molecule has 0 bridgehead atoms. The number of amides is 1. The summed E-state index contributed by atoms with van der Waals surface area (Å²) in [5.74, 6) is 0.929. The van der Waals surface area contributed by atoms with E-state index in [1.54, 1.807) is 6.08 Å². The molecule has 1 aliphatic rings. The molecule has 202 valence electrons. The van der Waals surface area contributed by atoms with Crippen molar-refractivity contribution in [3.8, 4) is 5.75 Å². The van der Waals surface area contributed by atoms with Crippen molar-refractivity contribution >= 4 is 40.0 Å². The first-order chi connectivity index (χ1) is 18.3. The quantitative estimate of drug-likeness (QED) is 0.173. The Balaban J connectivity index is 1.46. The van der Waals surface area contributed by atoms with Crippen LogP contribution in [0.4, 0.5) is 5.00 Å². The van der Waals surface area contributed by atoms with Crippen LogP contribution >= 0.6 is 23.1 Å². The van der Waals surface area contributed by atoms with E-state index in [9.17, 15) is 9.59 Å². The molecule has 38 heavy (non-hydrogen) atoms. The van der Waals surface area contributed by atoms with Crippen LogP contribution in [0.5, 0.6) is 5.75 Å². The van der Waals surface area contributed by atoms with Gasteiger partial charge in [-0.25, -0.2) is 4.79 Å². The van der Waals surface area contributed by atoms with Gasteiger partial charge in [-0.1, -0.05) is 30.0 Å². The summed E-state index contributed by atoms with van der Waals surface area (Å²) in [5.41, 5.74) is 2.64. The number of hydrogen-bond donors (Lipinski definition) is 1. The van der Waals surface area contributed by atoms with Gasteiger partial charge in [0.2, 0.25) is 5.91 Å². The third kappa shape index (κ3) is 6.66. The van der Waals surface area contributed by atoms with Crippen LogP contribution in [0, 0.1) is 6.92 Å². The van der Waals surface area contributed by atoms with E-state index >= 15 is 0 Å². The van der Waals surface area contributed by atoms with Crippen molar-refractivity contribution in [3.05, 3.63) is 64.3 Å². The highest BCUT2D eigenvalue weighted by atomic mass is 32.2. The highest BCUT2D eigenvalue weighted by Crippen LogP contribution is 2.39. The summed E-state index contributed by atoms with van der Waals surface area (Å²) in [6.45, 7) is 11.9. The minimum atomic E-state index is -0.375. The maximum absolute atomic E-state index is 13.0. The highest BCUT2D eigenvalue weighted by molar-refractivity contribution is 7.99. The van der Waals surface area contributed by atoms with Crippen LogP contribution in [-0.4, -0.2) is 38.5 Å². The van der Waals surface area contributed by atoms with Crippen LogP contribution in [-0.2, 0) is 28.9 Å². The van der Waals surface area contributed by atoms with Gasteiger partial charge in [-0.05, 0) is 76.6 Å². The van der Waals surface area contributed by atoms with E-state index in [-0.39, 0.29) is 29.8 Å². The molecule has 1 aromatic carbocycles. The average molecular weight is 555 g/mol. The summed E-state index contributed by atoms with van der Waals surface area (Å²) in [6.07, 6.45) is 5.05. The first-order valence-corrected chi connectivity index (χ1v) is 14.6. The molecule has 10 heteroatoms. The third-order valence-corrected chi connectivity index (χ3v) is 8.20. The first kappa shape index (κ1) is 27.9. The number of esters is 1. The summed E-state index contributed by atoms with van der Waals surface area (Å²) in [7, 11) is 0. The standard InChI is InChI=1S/C28H34N4O4S2/c1-6-14-32-25(19(5)36-20-11-9-10-18(4)15-20)30-31-28(32)37-16-23(33)29-26-24(27(34)35-17(2)3)21-12-7-8-13-22(21)38-26/h6,9-11,15,17,19H,1,7-8,12-14,16H2,2-5H3,(H,29,33). The molecule has 1 aliphatic carbocycles. The van der Waals surface area contributed by atoms with Crippen LogP contribution < -0.4 is 10.1 Å². The molecule has 4 rings (SSSR count). The summed E-state index contributed by atoms with van der Waals surface area (Å²) in [5, 5.41) is 12.8. The number of thioether (sulfide) groups is 1. The number of carbonyl (C=O) groups is 2. The monoisotopic (exact) mass is 554 g/mol. The van der Waals surface area contributed by atoms with Gasteiger partial charge < -0.3 is 14.8 Å². The molecule has 1 amide bonds. The predicted octanol–water partition coefficient (Wildman–Crippen LogP) is 6.15. The number of benzene rings is 1. The zero-order chi connectivity index (χ0) is 27.2. The van der Waals surface area contributed by atoms with Gasteiger partial charge in [-0.2, -0.15) is 0 Å². The molecule has 1 N–H and O–H groups in total. The van der Waals surface area contributed by atoms with Crippen LogP contribution in [0.15, 0.2) is 42.1 Å². The number of anilines is 1. The minimum Gasteiger partial charge on any atom is -0.483 e. The van der Waals surface area contributed by atoms with E-state index in [0.29, 0.717) is 28.1 Å². The maximum atomic E-state index is 13.0. The Labute approximate surface area is 231 Å². The number of allylic oxidation sites excluding steroid dienone is 1. The van der Waals surface area contributed by atoms with Gasteiger partial charge in [-0.15, -0.1) is 28.1 Å². The fraction of sp³-hybridized carbons (Fsp3) is 0.429. The van der Waals surface area contributed by atoms with E-state index in [4.69, 9.17) is 9.47 Å². The van der Waals surface area contributed by atoms with Gasteiger partial charge in [-0.3, -0.25) is 9.36 Å². The molecular weight excluding hydrogens is 520 g/mol. The van der Waals surface area contributed by atoms with Crippen LogP contribution in [0.3, 0.4) is 0 Å². The van der Waals surface area contributed by atoms with Crippen molar-refractivity contribution in [1.29, 1.82) is 0 Å². The van der Waals surface area contributed by atoms with Crippen LogP contribution in [0.2, 0.25) is 0 Å². The number of nitrogens with one attached hydrogen (secondary N) is 1. The molecule has 1 unspecified atom stereocenters. The number of thiophene rings is 1. The van der Waals surface area contributed by atoms with Gasteiger partial charge in [0.1, 0.15) is 10.8 Å². The molecule has 0 radical (unpaired) electrons. The highest BCUT2D eigenvalue weighted by Gasteiger charge is 2.28. The second kappa shape index (κ2) is 12.6. The molecule has 2 aromatic heterocycles. The first-order valence-electron chi connectivity index (χ1n) is 12.8. The molecule has 0 spiro atoms. The largest absolute Gasteiger partial charge is 0.483 e. The molecule has 8 nitrogen and oxygen atoms in total. The van der Waals surface area contributed by atoms with Crippen molar-refractivity contribution in [2.24, 2.45) is 0 Å². The van der Waals surface area contributed by atoms with Crippen LogP contribution in [0.25, 0.3) is 0 Å². The van der Waals surface area contributed by atoms with E-state index in [1.807, 2.05) is 56.5 Å². The zero-order valence-electron chi connectivity index (χ0n) is 22.3. The van der Waals surface area contributed by atoms with Crippen LogP contribution in [0.1, 0.15) is 71.9 Å². The summed E-state index contributed by atoms with van der Waals surface area (Å²) < 4.78 is 13.5. The van der Waals surface area contributed by atoms with Crippen molar-refractivity contribution in [2.45, 2.75) is 77.3 Å². The topological polar surface area (TPSA) is 95.3 Å². The zero-order valence-corrected chi connectivity index (χ0v) is 23.9. The number of rotatable bonds is 11. The van der Waals surface area contributed by atoms with Gasteiger partial charge in [0.05, 0.1) is 17.4 Å². The van der Waals surface area contributed by atoms with E-state index < -0.39 is 0 Å². The lowest BCUT2D eigenvalue weighted by molar-refractivity contribution is -0.113. The fourth-order valence-corrected chi connectivity index (χ4v) is 6.44. The Morgan fingerprint density at radius 2 is 2.03 bits per heavy atom. The van der Waals surface area contributed by atoms with Crippen molar-refractivity contribution in [1.82, 2.24) is 14.8 Å². The molecule has 1 atom stereocenters. The lowest BCUT2D eigenvalue weighted by atomic mass is 9.95. The molecule has 0 saturated carbocycles. The second-order valence-corrected chi connectivity index (χ2v) is 11.6. The Morgan fingerprint density at radius 3 is 2.76 bits per heavy atom. The molecule has 0 saturated heterocycles.